The molecule has 0 spiro atoms. The Morgan fingerprint density at radius 3 is 2.09 bits per heavy atom. The zero-order chi connectivity index (χ0) is 53.2. The van der Waals surface area contributed by atoms with E-state index in [-0.39, 0.29) is 41.8 Å². The number of benzene rings is 3. The molecule has 4 aliphatic heterocycles. The highest BCUT2D eigenvalue weighted by Crippen LogP contribution is 2.49. The Hall–Kier alpha value is -5.99. The number of nitrogens with zero attached hydrogens (tertiary/aromatic N) is 5. The molecule has 4 fully saturated rings. The first-order valence-corrected chi connectivity index (χ1v) is 29.2. The third-order valence-corrected chi connectivity index (χ3v) is 19.2. The van der Waals surface area contributed by atoms with Gasteiger partial charge >= 0.3 is 12.1 Å². The van der Waals surface area contributed by atoms with Gasteiger partial charge in [-0.15, -0.1) is 0 Å². The molecule has 4 aromatic rings. The molecule has 20 heteroatoms. The van der Waals surface area contributed by atoms with Gasteiger partial charge in [-0.05, 0) is 106 Å². The highest BCUT2D eigenvalue weighted by Gasteiger charge is 2.43. The predicted molar refractivity (Wildman–Crippen MR) is 275 cm³/mol. The van der Waals surface area contributed by atoms with Crippen LogP contribution in [-0.4, -0.2) is 136 Å². The third kappa shape index (κ3) is 11.3. The number of carbonyl (C=O) groups is 5. The molecule has 0 radical (unpaired) electrons. The van der Waals surface area contributed by atoms with Crippen molar-refractivity contribution in [3.8, 4) is 0 Å². The second-order valence-electron chi connectivity index (χ2n) is 21.1. The summed E-state index contributed by atoms with van der Waals surface area (Å²) >= 11 is 0. The summed E-state index contributed by atoms with van der Waals surface area (Å²) in [7, 11) is 3.92. The Morgan fingerprint density at radius 2 is 1.43 bits per heavy atom. The van der Waals surface area contributed by atoms with Crippen molar-refractivity contribution in [3.05, 3.63) is 88.5 Å². The van der Waals surface area contributed by atoms with E-state index < -0.39 is 85.9 Å². The van der Waals surface area contributed by atoms with E-state index in [1.54, 1.807) is 35.8 Å². The van der Waals surface area contributed by atoms with Crippen molar-refractivity contribution in [2.75, 3.05) is 64.4 Å². The first kappa shape index (κ1) is 54.3. The number of likely N-dealkylation sites (tertiary alicyclic amines) is 2. The Balaban J connectivity index is 1.08. The molecule has 4 saturated heterocycles. The number of H-pyrrole nitrogens is 1. The summed E-state index contributed by atoms with van der Waals surface area (Å²) in [6.07, 6.45) is 0.894. The van der Waals surface area contributed by atoms with Crippen LogP contribution in [0.5, 0.6) is 0 Å². The minimum atomic E-state index is -1.46. The van der Waals surface area contributed by atoms with Crippen LogP contribution in [0, 0.1) is 23.4 Å². The smallest absolute Gasteiger partial charge is 0.407 e. The maximum absolute atomic E-state index is 16.8. The quantitative estimate of drug-likeness (QED) is 0.0765. The van der Waals surface area contributed by atoms with Gasteiger partial charge in [0, 0.05) is 58.1 Å². The van der Waals surface area contributed by atoms with E-state index in [1.165, 1.54) is 51.5 Å². The number of nitrogens with one attached hydrogen (secondary N) is 2. The first-order valence-electron chi connectivity index (χ1n) is 25.8. The number of amides is 3. The normalized spacial score (nSPS) is 22.4. The highest BCUT2D eigenvalue weighted by atomic mass is 28.3. The maximum atomic E-state index is 16.8. The lowest BCUT2D eigenvalue weighted by atomic mass is 9.95. The van der Waals surface area contributed by atoms with Gasteiger partial charge < -0.3 is 48.8 Å². The minimum absolute atomic E-state index is 0.0598. The average Bonchev–Trinajstić information content (AvgIpc) is 4.23. The van der Waals surface area contributed by atoms with Crippen molar-refractivity contribution in [1.29, 1.82) is 0 Å². The molecule has 400 valence electrons. The monoisotopic (exact) mass is 1050 g/mol. The van der Waals surface area contributed by atoms with Crippen molar-refractivity contribution in [3.63, 3.8) is 0 Å². The summed E-state index contributed by atoms with van der Waals surface area (Å²) in [6, 6.07) is 11.6. The summed E-state index contributed by atoms with van der Waals surface area (Å²) in [5, 5.41) is 2.61. The second kappa shape index (κ2) is 22.9. The van der Waals surface area contributed by atoms with Gasteiger partial charge in [-0.2, -0.15) is 0 Å². The van der Waals surface area contributed by atoms with Crippen LogP contribution in [0.25, 0.3) is 11.0 Å². The maximum Gasteiger partial charge on any atom is 0.407 e. The fourth-order valence-corrected chi connectivity index (χ4v) is 13.5. The largest absolute Gasteiger partial charge is 0.469 e. The van der Waals surface area contributed by atoms with Gasteiger partial charge in [0.25, 0.3) is 0 Å². The molecule has 2 N–H and O–H groups in total. The van der Waals surface area contributed by atoms with E-state index >= 15 is 13.2 Å². The van der Waals surface area contributed by atoms with Crippen LogP contribution in [0.2, 0.25) is 25.2 Å². The number of aromatic nitrogens is 2. The molecule has 16 nitrogen and oxygen atoms in total. The topological polar surface area (TPSA) is 176 Å². The number of Topliss-reactive ketones (excluding diaryl/α,β-unsaturated/α-hetero) is 1. The van der Waals surface area contributed by atoms with Gasteiger partial charge in [0.05, 0.1) is 82.0 Å². The average molecular weight is 1050 g/mol. The number of methoxy groups -OCH3 is 4. The molecular weight excluding hydrogens is 976 g/mol. The van der Waals surface area contributed by atoms with Crippen LogP contribution in [0.3, 0.4) is 0 Å². The van der Waals surface area contributed by atoms with Gasteiger partial charge in [-0.3, -0.25) is 19.2 Å². The molecule has 5 heterocycles. The Bertz CT molecular complexity index is 2710. The van der Waals surface area contributed by atoms with E-state index in [4.69, 9.17) is 23.9 Å². The number of hydrogen-bond acceptors (Lipinski definition) is 12. The second-order valence-corrected chi connectivity index (χ2v) is 26.4. The van der Waals surface area contributed by atoms with Crippen molar-refractivity contribution in [2.45, 2.75) is 133 Å². The molecule has 0 unspecified atom stereocenters. The molecule has 3 aromatic carbocycles. The number of rotatable bonds is 17. The fraction of sp³-hybridized carbons (Fsp3) is 0.556. The summed E-state index contributed by atoms with van der Waals surface area (Å²) in [6.45, 7) is 9.86. The zero-order valence-corrected chi connectivity index (χ0v) is 44.7. The number of ketones is 1. The Labute approximate surface area is 431 Å². The van der Waals surface area contributed by atoms with Gasteiger partial charge in [-0.1, -0.05) is 31.3 Å². The van der Waals surface area contributed by atoms with E-state index in [0.29, 0.717) is 92.7 Å². The molecular formula is C54H70F3N7O9Si. The lowest BCUT2D eigenvalue weighted by Crippen LogP contribution is -2.54. The molecule has 8 rings (SSSR count). The summed E-state index contributed by atoms with van der Waals surface area (Å²) in [5.74, 6) is -3.80. The van der Waals surface area contributed by atoms with Gasteiger partial charge in [-0.25, -0.2) is 22.9 Å². The molecule has 0 saturated carbocycles. The summed E-state index contributed by atoms with van der Waals surface area (Å²) in [4.78, 5) is 81.5. The SMILES string of the molecule is COC(=O)C[C@H](C(=O)N1CCC[C@H]1C(=O)Cc1ccc([C@@H]2CC[C@@H](c3ccc4nc([C@@H]5CCCN5C(=O)[C@@H](NC(=O)OC)[C@@H](C)OC)[nH]c4c3)N2c2cc(F)c(N3CC[Si](C)(C)CC3)c(F)c2)c(F)c1)[C@@H](C)OC. The highest BCUT2D eigenvalue weighted by molar-refractivity contribution is 6.77. The minimum Gasteiger partial charge on any atom is -0.469 e. The number of halogens is 3. The van der Waals surface area contributed by atoms with Crippen LogP contribution in [0.4, 0.5) is 29.3 Å². The summed E-state index contributed by atoms with van der Waals surface area (Å²) in [5.41, 5.74) is 3.02. The van der Waals surface area contributed by atoms with E-state index in [9.17, 15) is 24.0 Å². The predicted octanol–water partition coefficient (Wildman–Crippen LogP) is 8.33. The number of anilines is 2. The van der Waals surface area contributed by atoms with Gasteiger partial charge in [0.2, 0.25) is 11.8 Å². The number of fused-ring (bicyclic) bond motifs is 1. The third-order valence-electron chi connectivity index (χ3n) is 16.0. The van der Waals surface area contributed by atoms with Crippen molar-refractivity contribution in [1.82, 2.24) is 25.1 Å². The molecule has 74 heavy (non-hydrogen) atoms. The zero-order valence-electron chi connectivity index (χ0n) is 43.7. The van der Waals surface area contributed by atoms with Gasteiger partial charge in [0.1, 0.15) is 23.4 Å². The van der Waals surface area contributed by atoms with Crippen LogP contribution in [0.15, 0.2) is 48.5 Å². The number of esters is 1. The van der Waals surface area contributed by atoms with E-state index in [2.05, 4.69) is 23.4 Å². The van der Waals surface area contributed by atoms with Crippen LogP contribution in [0.1, 0.15) is 99.4 Å². The molecule has 0 bridgehead atoms. The summed E-state index contributed by atoms with van der Waals surface area (Å²) < 4.78 is 70.4. The van der Waals surface area contributed by atoms with E-state index in [0.717, 1.165) is 17.7 Å². The van der Waals surface area contributed by atoms with Crippen molar-refractivity contribution < 1.29 is 56.1 Å². The van der Waals surface area contributed by atoms with Crippen LogP contribution >= 0.6 is 0 Å². The molecule has 0 aliphatic carbocycles. The molecule has 3 amide bonds. The van der Waals surface area contributed by atoms with Crippen LogP contribution < -0.4 is 15.1 Å². The first-order chi connectivity index (χ1) is 35.4. The van der Waals surface area contributed by atoms with Crippen LogP contribution in [-0.2, 0) is 44.5 Å². The number of ether oxygens (including phenoxy) is 4. The number of carbonyl (C=O) groups excluding carboxylic acids is 5. The fourth-order valence-electron chi connectivity index (χ4n) is 11.5. The number of aromatic amines is 1. The number of alkyl carbamates (subject to hydrolysis) is 1. The number of imidazole rings is 1. The lowest BCUT2D eigenvalue weighted by molar-refractivity contribution is -0.151. The molecule has 8 atom stereocenters. The molecule has 4 aliphatic rings. The Kier molecular flexibility index (Phi) is 16.8. The lowest BCUT2D eigenvalue weighted by Gasteiger charge is -2.38. The number of hydrogen-bond donors (Lipinski definition) is 2. The van der Waals surface area contributed by atoms with E-state index in [1.807, 2.05) is 23.1 Å². The molecule has 1 aromatic heterocycles. The van der Waals surface area contributed by atoms with Crippen molar-refractivity contribution in [2.24, 2.45) is 5.92 Å². The Morgan fingerprint density at radius 1 is 0.757 bits per heavy atom. The standard InChI is InChI=1S/C54H70F3N7O9Si/c1-31(70-3)37(30-48(66)72-5)52(67)62-19-9-11-45(62)47(65)26-33-13-15-36(38(55)25-33)44-18-17-43(64(44)35-28-39(56)50(40(57)29-35)61-21-23-74(7,8)24-22-61)34-14-16-41-42(27-34)59-51(58-41)46-12-10-20-63(46)53(68)49(32(2)71-4)60-54(69)73-6/h13-16,25,27-29,31-32,37,43-46,49H,9-12,17-24,26,30H2,1-8H3,(H,58,59)(H,60,69)/t31-,32-,37+,43+,44+,45+,46+,49+/m1/s1. The van der Waals surface area contributed by atoms with Crippen molar-refractivity contribution >= 4 is 60.1 Å². The van der Waals surface area contributed by atoms with Gasteiger partial charge in [0.15, 0.2) is 17.4 Å².